The fourth-order valence-electron chi connectivity index (χ4n) is 3.12. The lowest BCUT2D eigenvalue weighted by Crippen LogP contribution is -2.43. The van der Waals surface area contributed by atoms with E-state index in [1.165, 1.54) is 11.8 Å². The molecule has 1 saturated heterocycles. The van der Waals surface area contributed by atoms with Crippen LogP contribution in [0.3, 0.4) is 0 Å². The summed E-state index contributed by atoms with van der Waals surface area (Å²) >= 11 is 0. The Balaban J connectivity index is 1.68. The number of hydrogen-bond donors (Lipinski definition) is 0. The molecule has 2 aromatic rings. The number of aromatic nitrogens is 1. The summed E-state index contributed by atoms with van der Waals surface area (Å²) in [5, 5.41) is 11.8. The number of hydrogen-bond acceptors (Lipinski definition) is 2. The van der Waals surface area contributed by atoms with Gasteiger partial charge in [-0.05, 0) is 37.3 Å². The third-order valence-electron chi connectivity index (χ3n) is 4.29. The largest absolute Gasteiger partial charge is 0.618 e. The third-order valence-corrected chi connectivity index (χ3v) is 4.29. The minimum Gasteiger partial charge on any atom is -0.618 e. The first-order valence-corrected chi connectivity index (χ1v) is 7.79. The molecule has 1 aromatic heterocycles. The lowest BCUT2D eigenvalue weighted by atomic mass is 10.0. The van der Waals surface area contributed by atoms with E-state index in [1.54, 1.807) is 18.2 Å². The smallest absolute Gasteiger partial charge is 0.320 e. The van der Waals surface area contributed by atoms with Crippen molar-refractivity contribution in [2.45, 2.75) is 31.7 Å². The van der Waals surface area contributed by atoms with Gasteiger partial charge in [0, 0.05) is 24.7 Å². The topological polar surface area (TPSA) is 47.2 Å². The lowest BCUT2D eigenvalue weighted by Gasteiger charge is -2.24. The molecule has 2 heterocycles. The van der Waals surface area contributed by atoms with Crippen molar-refractivity contribution < 1.29 is 9.52 Å². The molecule has 0 radical (unpaired) electrons. The van der Waals surface area contributed by atoms with E-state index in [0.29, 0.717) is 4.73 Å². The van der Waals surface area contributed by atoms with Gasteiger partial charge >= 0.3 is 5.91 Å². The summed E-state index contributed by atoms with van der Waals surface area (Å²) in [4.78, 5) is 14.5. The molecule has 1 atom stereocenters. The predicted octanol–water partition coefficient (Wildman–Crippen LogP) is 2.56. The highest BCUT2D eigenvalue weighted by molar-refractivity contribution is 5.91. The van der Waals surface area contributed by atoms with Gasteiger partial charge in [-0.15, -0.1) is 0 Å². The second-order valence-electron chi connectivity index (χ2n) is 5.73. The number of aryl methyl sites for hydroxylation is 1. The van der Waals surface area contributed by atoms with Crippen LogP contribution in [0.4, 0.5) is 0 Å². The van der Waals surface area contributed by atoms with Gasteiger partial charge in [-0.2, -0.15) is 4.73 Å². The summed E-state index contributed by atoms with van der Waals surface area (Å²) in [6.45, 7) is 0.743. The lowest BCUT2D eigenvalue weighted by molar-refractivity contribution is -0.608. The van der Waals surface area contributed by atoms with E-state index in [0.717, 1.165) is 32.2 Å². The Kier molecular flexibility index (Phi) is 4.37. The molecule has 0 N–H and O–H groups in total. The van der Waals surface area contributed by atoms with Crippen LogP contribution in [0.15, 0.2) is 54.7 Å². The Morgan fingerprint density at radius 1 is 1.18 bits per heavy atom. The van der Waals surface area contributed by atoms with Gasteiger partial charge in [0.2, 0.25) is 0 Å². The minimum absolute atomic E-state index is 0.147. The van der Waals surface area contributed by atoms with Gasteiger partial charge in [0.05, 0.1) is 0 Å². The van der Waals surface area contributed by atoms with E-state index in [1.807, 2.05) is 23.1 Å². The quantitative estimate of drug-likeness (QED) is 0.643. The van der Waals surface area contributed by atoms with Gasteiger partial charge in [0.15, 0.2) is 6.20 Å². The first-order chi connectivity index (χ1) is 10.8. The first kappa shape index (κ1) is 14.6. The molecular formula is C18H20N2O2. The van der Waals surface area contributed by atoms with Gasteiger partial charge in [-0.3, -0.25) is 4.79 Å². The van der Waals surface area contributed by atoms with Gasteiger partial charge < -0.3 is 10.1 Å². The molecule has 4 heteroatoms. The average molecular weight is 296 g/mol. The Labute approximate surface area is 130 Å². The predicted molar refractivity (Wildman–Crippen MR) is 84.2 cm³/mol. The van der Waals surface area contributed by atoms with Crippen molar-refractivity contribution in [3.8, 4) is 0 Å². The SMILES string of the molecule is O=C(c1cccc[n+]1[O-])N1CCC[C@@H]1CCc1ccccc1. The van der Waals surface area contributed by atoms with Gasteiger partial charge in [-0.1, -0.05) is 30.3 Å². The zero-order chi connectivity index (χ0) is 15.4. The Morgan fingerprint density at radius 3 is 2.73 bits per heavy atom. The Morgan fingerprint density at radius 2 is 1.95 bits per heavy atom. The number of amides is 1. The van der Waals surface area contributed by atoms with E-state index in [-0.39, 0.29) is 17.6 Å². The average Bonchev–Trinajstić information content (AvgIpc) is 3.02. The Bertz CT molecular complexity index is 643. The van der Waals surface area contributed by atoms with E-state index < -0.39 is 0 Å². The number of benzene rings is 1. The van der Waals surface area contributed by atoms with E-state index in [9.17, 15) is 10.0 Å². The second kappa shape index (κ2) is 6.60. The van der Waals surface area contributed by atoms with Crippen LogP contribution in [0.25, 0.3) is 0 Å². The van der Waals surface area contributed by atoms with Crippen LogP contribution in [-0.2, 0) is 6.42 Å². The van der Waals surface area contributed by atoms with Crippen molar-refractivity contribution in [1.29, 1.82) is 0 Å². The van der Waals surface area contributed by atoms with E-state index in [4.69, 9.17) is 0 Å². The Hall–Kier alpha value is -2.36. The van der Waals surface area contributed by atoms with Crippen molar-refractivity contribution in [2.75, 3.05) is 6.54 Å². The van der Waals surface area contributed by atoms with Crippen LogP contribution >= 0.6 is 0 Å². The molecule has 0 bridgehead atoms. The van der Waals surface area contributed by atoms with Crippen LogP contribution in [0.1, 0.15) is 35.3 Å². The molecule has 114 valence electrons. The summed E-state index contributed by atoms with van der Waals surface area (Å²) in [6, 6.07) is 15.5. The molecule has 0 saturated carbocycles. The monoisotopic (exact) mass is 296 g/mol. The molecule has 1 fully saturated rings. The molecule has 1 aliphatic heterocycles. The number of nitrogens with zero attached hydrogens (tertiary/aromatic N) is 2. The standard InChI is InChI=1S/C18H20N2O2/c21-18(17-10-4-5-14-20(17)22)19-13-6-9-16(19)12-11-15-7-2-1-3-8-15/h1-5,7-8,10,14,16H,6,9,11-13H2/t16-/m1/s1. The van der Waals surface area contributed by atoms with Crippen molar-refractivity contribution in [2.24, 2.45) is 0 Å². The van der Waals surface area contributed by atoms with Crippen molar-refractivity contribution in [3.63, 3.8) is 0 Å². The molecule has 4 nitrogen and oxygen atoms in total. The van der Waals surface area contributed by atoms with Crippen LogP contribution in [-0.4, -0.2) is 23.4 Å². The van der Waals surface area contributed by atoms with Crippen molar-refractivity contribution in [3.05, 3.63) is 71.2 Å². The first-order valence-electron chi connectivity index (χ1n) is 7.79. The van der Waals surface area contributed by atoms with Crippen LogP contribution < -0.4 is 4.73 Å². The van der Waals surface area contributed by atoms with E-state index in [2.05, 4.69) is 12.1 Å². The number of likely N-dealkylation sites (tertiary alicyclic amines) is 1. The molecule has 0 unspecified atom stereocenters. The number of carbonyl (C=O) groups excluding carboxylic acids is 1. The molecule has 3 rings (SSSR count). The highest BCUT2D eigenvalue weighted by atomic mass is 16.5. The maximum absolute atomic E-state index is 12.6. The zero-order valence-corrected chi connectivity index (χ0v) is 12.5. The molecule has 0 aliphatic carbocycles. The summed E-state index contributed by atoms with van der Waals surface area (Å²) in [5.41, 5.74) is 1.51. The van der Waals surface area contributed by atoms with Crippen LogP contribution in [0.5, 0.6) is 0 Å². The van der Waals surface area contributed by atoms with Crippen LogP contribution in [0, 0.1) is 5.21 Å². The molecule has 22 heavy (non-hydrogen) atoms. The molecule has 0 spiro atoms. The normalized spacial score (nSPS) is 17.6. The maximum atomic E-state index is 12.6. The van der Waals surface area contributed by atoms with Crippen molar-refractivity contribution >= 4 is 5.91 Å². The number of carbonyl (C=O) groups is 1. The molecule has 1 aromatic carbocycles. The van der Waals surface area contributed by atoms with E-state index >= 15 is 0 Å². The maximum Gasteiger partial charge on any atom is 0.320 e. The summed E-state index contributed by atoms with van der Waals surface area (Å²) in [5.74, 6) is -0.147. The number of rotatable bonds is 4. The summed E-state index contributed by atoms with van der Waals surface area (Å²) in [6.07, 6.45) is 5.31. The second-order valence-corrected chi connectivity index (χ2v) is 5.73. The highest BCUT2D eigenvalue weighted by Gasteiger charge is 2.32. The fourth-order valence-corrected chi connectivity index (χ4v) is 3.12. The molecule has 1 aliphatic rings. The van der Waals surface area contributed by atoms with Gasteiger partial charge in [-0.25, -0.2) is 0 Å². The minimum atomic E-state index is -0.147. The molecule has 1 amide bonds. The molecular weight excluding hydrogens is 276 g/mol. The van der Waals surface area contributed by atoms with Crippen LogP contribution in [0.2, 0.25) is 0 Å². The van der Waals surface area contributed by atoms with Gasteiger partial charge in [0.25, 0.3) is 5.69 Å². The zero-order valence-electron chi connectivity index (χ0n) is 12.5. The number of pyridine rings is 1. The summed E-state index contributed by atoms with van der Waals surface area (Å²) < 4.78 is 0.662. The van der Waals surface area contributed by atoms with Gasteiger partial charge in [0.1, 0.15) is 0 Å². The fraction of sp³-hybridized carbons (Fsp3) is 0.333. The summed E-state index contributed by atoms with van der Waals surface area (Å²) in [7, 11) is 0. The van der Waals surface area contributed by atoms with Crippen molar-refractivity contribution in [1.82, 2.24) is 4.90 Å². The third kappa shape index (κ3) is 3.11. The highest BCUT2D eigenvalue weighted by Crippen LogP contribution is 2.23.